The van der Waals surface area contributed by atoms with Gasteiger partial charge in [-0.15, -0.1) is 0 Å². The van der Waals surface area contributed by atoms with E-state index < -0.39 is 17.6 Å². The first kappa shape index (κ1) is 24.9. The maximum atomic E-state index is 13.3. The molecule has 0 atom stereocenters. The van der Waals surface area contributed by atoms with E-state index in [1.54, 1.807) is 60.7 Å². The average molecular weight is 505 g/mol. The molecule has 1 aliphatic heterocycles. The lowest BCUT2D eigenvalue weighted by atomic mass is 10.1. The van der Waals surface area contributed by atoms with Crippen molar-refractivity contribution in [1.29, 1.82) is 0 Å². The van der Waals surface area contributed by atoms with Gasteiger partial charge in [-0.3, -0.25) is 24.1 Å². The van der Waals surface area contributed by atoms with Crippen LogP contribution in [0.4, 0.5) is 17.1 Å². The van der Waals surface area contributed by atoms with Gasteiger partial charge in [0, 0.05) is 37.0 Å². The molecule has 8 nitrogen and oxygen atoms in total. The lowest BCUT2D eigenvalue weighted by Crippen LogP contribution is -2.45. The first-order chi connectivity index (χ1) is 17.2. The average Bonchev–Trinajstić information content (AvgIpc) is 3.10. The third-order valence-electron chi connectivity index (χ3n) is 5.81. The molecule has 1 N–H and O–H groups in total. The van der Waals surface area contributed by atoms with Gasteiger partial charge in [-0.2, -0.15) is 0 Å². The molecule has 4 rings (SSSR count). The van der Waals surface area contributed by atoms with E-state index in [-0.39, 0.29) is 31.1 Å². The van der Waals surface area contributed by atoms with E-state index in [1.165, 1.54) is 4.90 Å². The number of para-hydroxylation sites is 1. The monoisotopic (exact) mass is 504 g/mol. The van der Waals surface area contributed by atoms with Crippen LogP contribution in [0.25, 0.3) is 0 Å². The fourth-order valence-electron chi connectivity index (χ4n) is 3.90. The minimum atomic E-state index is -0.763. The zero-order chi connectivity index (χ0) is 25.8. The molecule has 1 aliphatic rings. The van der Waals surface area contributed by atoms with Crippen molar-refractivity contribution in [3.63, 3.8) is 0 Å². The summed E-state index contributed by atoms with van der Waals surface area (Å²) < 4.78 is 0. The second-order valence-corrected chi connectivity index (χ2v) is 9.04. The predicted molar refractivity (Wildman–Crippen MR) is 139 cm³/mol. The number of fused-ring (bicyclic) bond motifs is 1. The number of rotatable bonds is 8. The molecular formula is C27H25ClN4O4. The summed E-state index contributed by atoms with van der Waals surface area (Å²) in [7, 11) is 3.84. The summed E-state index contributed by atoms with van der Waals surface area (Å²) >= 11 is 5.98. The van der Waals surface area contributed by atoms with Gasteiger partial charge >= 0.3 is 0 Å². The molecule has 0 radical (unpaired) electrons. The minimum absolute atomic E-state index is 0.126. The Labute approximate surface area is 214 Å². The highest BCUT2D eigenvalue weighted by atomic mass is 35.5. The van der Waals surface area contributed by atoms with Gasteiger partial charge in [-0.25, -0.2) is 0 Å². The Bertz CT molecular complexity index is 1310. The number of hydrogen-bond donors (Lipinski definition) is 1. The molecule has 0 saturated heterocycles. The Morgan fingerprint density at radius 2 is 1.58 bits per heavy atom. The lowest BCUT2D eigenvalue weighted by molar-refractivity contribution is -0.134. The number of benzene rings is 3. The van der Waals surface area contributed by atoms with E-state index >= 15 is 0 Å². The number of ketones is 1. The summed E-state index contributed by atoms with van der Waals surface area (Å²) in [6.45, 7) is -0.477. The van der Waals surface area contributed by atoms with Gasteiger partial charge < -0.3 is 15.1 Å². The molecule has 0 fully saturated rings. The van der Waals surface area contributed by atoms with Crippen molar-refractivity contribution in [2.75, 3.05) is 42.3 Å². The van der Waals surface area contributed by atoms with Crippen molar-refractivity contribution in [2.24, 2.45) is 0 Å². The Kier molecular flexibility index (Phi) is 7.36. The number of nitrogens with one attached hydrogen (secondary N) is 1. The summed E-state index contributed by atoms with van der Waals surface area (Å²) in [5.74, 6) is -2.27. The molecule has 0 aromatic heterocycles. The molecule has 0 spiro atoms. The molecule has 36 heavy (non-hydrogen) atoms. The van der Waals surface area contributed by atoms with Crippen LogP contribution in [0.15, 0.2) is 72.8 Å². The number of Topliss-reactive ketones (excluding diaryl/α,β-unsaturated/α-hetero) is 1. The third-order valence-corrected chi connectivity index (χ3v) is 6.07. The fraction of sp³-hybridized carbons (Fsp3) is 0.185. The predicted octanol–water partition coefficient (Wildman–Crippen LogP) is 3.60. The summed E-state index contributed by atoms with van der Waals surface area (Å²) in [4.78, 5) is 55.6. The molecule has 184 valence electrons. The molecular weight excluding hydrogens is 480 g/mol. The van der Waals surface area contributed by atoms with Gasteiger partial charge in [-0.05, 0) is 54.1 Å². The van der Waals surface area contributed by atoms with Crippen LogP contribution in [0.1, 0.15) is 15.9 Å². The van der Waals surface area contributed by atoms with Crippen molar-refractivity contribution in [3.8, 4) is 0 Å². The first-order valence-corrected chi connectivity index (χ1v) is 11.7. The van der Waals surface area contributed by atoms with Crippen molar-refractivity contribution < 1.29 is 19.2 Å². The van der Waals surface area contributed by atoms with E-state index in [0.29, 0.717) is 16.4 Å². The van der Waals surface area contributed by atoms with Crippen LogP contribution in [0, 0.1) is 0 Å². The maximum absolute atomic E-state index is 13.3. The number of nitrogens with zero attached hydrogens (tertiary/aromatic N) is 3. The smallest absolute Gasteiger partial charge is 0.299 e. The Morgan fingerprint density at radius 3 is 2.25 bits per heavy atom. The van der Waals surface area contributed by atoms with Crippen LogP contribution >= 0.6 is 11.6 Å². The molecule has 1 heterocycles. The van der Waals surface area contributed by atoms with Crippen molar-refractivity contribution in [3.05, 3.63) is 88.9 Å². The van der Waals surface area contributed by atoms with E-state index in [0.717, 1.165) is 16.2 Å². The van der Waals surface area contributed by atoms with Gasteiger partial charge in [0.15, 0.2) is 0 Å². The zero-order valence-corrected chi connectivity index (χ0v) is 20.7. The summed E-state index contributed by atoms with van der Waals surface area (Å²) in [6, 6.07) is 20.8. The highest BCUT2D eigenvalue weighted by Gasteiger charge is 2.37. The Hall–Kier alpha value is -4.17. The molecule has 3 aromatic carbocycles. The highest BCUT2D eigenvalue weighted by Crippen LogP contribution is 2.28. The highest BCUT2D eigenvalue weighted by molar-refractivity contribution is 6.52. The van der Waals surface area contributed by atoms with Crippen molar-refractivity contribution in [1.82, 2.24) is 4.90 Å². The van der Waals surface area contributed by atoms with E-state index in [9.17, 15) is 19.2 Å². The number of carbonyl (C=O) groups is 4. The molecule has 9 heteroatoms. The minimum Gasteiger partial charge on any atom is -0.378 e. The Balaban J connectivity index is 1.51. The third kappa shape index (κ3) is 5.55. The zero-order valence-electron chi connectivity index (χ0n) is 19.9. The number of halogens is 1. The molecule has 0 aliphatic carbocycles. The number of hydrogen-bond acceptors (Lipinski definition) is 5. The largest absolute Gasteiger partial charge is 0.378 e. The molecule has 0 unspecified atom stereocenters. The Morgan fingerprint density at radius 1 is 0.917 bits per heavy atom. The van der Waals surface area contributed by atoms with Crippen molar-refractivity contribution >= 4 is 52.2 Å². The molecule has 3 amide bonds. The van der Waals surface area contributed by atoms with Gasteiger partial charge in [0.2, 0.25) is 11.8 Å². The SMILES string of the molecule is CN(C)c1ccc(NC(=O)CN(Cc2ccc(Cl)cc2)C(=O)CN2C(=O)C(=O)c3ccccc32)cc1. The number of amides is 3. The molecule has 0 bridgehead atoms. The van der Waals surface area contributed by atoms with Crippen LogP contribution < -0.4 is 15.1 Å². The normalized spacial score (nSPS) is 12.4. The summed E-state index contributed by atoms with van der Waals surface area (Å²) in [6.07, 6.45) is 0. The van der Waals surface area contributed by atoms with Gasteiger partial charge in [0.05, 0.1) is 11.3 Å². The second kappa shape index (κ2) is 10.6. The van der Waals surface area contributed by atoms with Gasteiger partial charge in [0.25, 0.3) is 11.7 Å². The van der Waals surface area contributed by atoms with Crippen molar-refractivity contribution in [2.45, 2.75) is 6.54 Å². The quantitative estimate of drug-likeness (QED) is 0.473. The number of carbonyl (C=O) groups excluding carboxylic acids is 4. The van der Waals surface area contributed by atoms with Gasteiger partial charge in [0.1, 0.15) is 13.1 Å². The van der Waals surface area contributed by atoms with Gasteiger partial charge in [-0.1, -0.05) is 35.9 Å². The topological polar surface area (TPSA) is 90.0 Å². The standard InChI is InChI=1S/C27H25ClN4O4/c1-30(2)21-13-11-20(12-14-21)29-24(33)16-31(15-18-7-9-19(28)10-8-18)25(34)17-32-23-6-4-3-5-22(23)26(35)27(32)36/h3-14H,15-17H2,1-2H3,(H,29,33). The van der Waals surface area contributed by atoms with Crippen LogP contribution in [0.3, 0.4) is 0 Å². The summed E-state index contributed by atoms with van der Waals surface area (Å²) in [5.41, 5.74) is 2.99. The molecule has 0 saturated carbocycles. The van der Waals surface area contributed by atoms with E-state index in [1.807, 2.05) is 31.1 Å². The van der Waals surface area contributed by atoms with E-state index in [2.05, 4.69) is 5.32 Å². The van der Waals surface area contributed by atoms with E-state index in [4.69, 9.17) is 11.6 Å². The maximum Gasteiger partial charge on any atom is 0.299 e. The number of anilines is 3. The molecule has 3 aromatic rings. The van der Waals surface area contributed by atoms with Crippen LogP contribution in [-0.4, -0.2) is 55.6 Å². The van der Waals surface area contributed by atoms with Crippen LogP contribution in [-0.2, 0) is 20.9 Å². The fourth-order valence-corrected chi connectivity index (χ4v) is 4.03. The van der Waals surface area contributed by atoms with Crippen LogP contribution in [0.5, 0.6) is 0 Å². The second-order valence-electron chi connectivity index (χ2n) is 8.60. The first-order valence-electron chi connectivity index (χ1n) is 11.3. The van der Waals surface area contributed by atoms with Crippen LogP contribution in [0.2, 0.25) is 5.02 Å². The summed E-state index contributed by atoms with van der Waals surface area (Å²) in [5, 5.41) is 3.36. The lowest BCUT2D eigenvalue weighted by Gasteiger charge is -2.25.